The van der Waals surface area contributed by atoms with Gasteiger partial charge in [-0.2, -0.15) is 5.01 Å². The van der Waals surface area contributed by atoms with E-state index in [1.165, 1.54) is 0 Å². The van der Waals surface area contributed by atoms with Gasteiger partial charge in [-0.3, -0.25) is 15.0 Å². The largest absolute Gasteiger partial charge is 0.489 e. The maximum Gasteiger partial charge on any atom is 0.285 e. The van der Waals surface area contributed by atoms with E-state index >= 15 is 0 Å². The standard InChI is InChI=1S/C21H17ClN2O3S2/c1-3-10-27-17-7-5-4-6-14(17)12-18-20(26)24(21(28)29-18)23-19(25)15-9-8-13(2)11-16(15)22/h3-9,11-12H,1,10H2,2H3,(H,23,25)/b18-12-. The van der Waals surface area contributed by atoms with Gasteiger partial charge in [0, 0.05) is 5.56 Å². The van der Waals surface area contributed by atoms with Crippen LogP contribution in [-0.2, 0) is 4.79 Å². The highest BCUT2D eigenvalue weighted by Crippen LogP contribution is 2.33. The van der Waals surface area contributed by atoms with Gasteiger partial charge in [0.2, 0.25) is 0 Å². The molecule has 0 unspecified atom stereocenters. The summed E-state index contributed by atoms with van der Waals surface area (Å²) in [6, 6.07) is 12.4. The van der Waals surface area contributed by atoms with Gasteiger partial charge in [-0.15, -0.1) is 0 Å². The highest BCUT2D eigenvalue weighted by atomic mass is 35.5. The van der Waals surface area contributed by atoms with Crippen LogP contribution in [0.5, 0.6) is 5.75 Å². The van der Waals surface area contributed by atoms with Crippen LogP contribution in [0.2, 0.25) is 5.02 Å². The Bertz CT molecular complexity index is 1040. The Morgan fingerprint density at radius 1 is 1.34 bits per heavy atom. The van der Waals surface area contributed by atoms with Crippen molar-refractivity contribution in [3.63, 3.8) is 0 Å². The molecule has 0 bridgehead atoms. The van der Waals surface area contributed by atoms with E-state index in [1.54, 1.807) is 36.4 Å². The van der Waals surface area contributed by atoms with Crippen LogP contribution >= 0.6 is 35.6 Å². The van der Waals surface area contributed by atoms with Gasteiger partial charge >= 0.3 is 0 Å². The lowest BCUT2D eigenvalue weighted by Gasteiger charge is -2.16. The molecule has 1 heterocycles. The first-order valence-corrected chi connectivity index (χ1v) is 10.2. The van der Waals surface area contributed by atoms with Gasteiger partial charge in [0.05, 0.1) is 15.5 Å². The van der Waals surface area contributed by atoms with Crippen molar-refractivity contribution in [1.82, 2.24) is 10.4 Å². The molecule has 29 heavy (non-hydrogen) atoms. The Kier molecular flexibility index (Phi) is 6.74. The number of nitrogens with one attached hydrogen (secondary N) is 1. The fourth-order valence-electron chi connectivity index (χ4n) is 2.55. The molecule has 5 nitrogen and oxygen atoms in total. The number of thioether (sulfide) groups is 1. The first-order chi connectivity index (χ1) is 13.9. The molecular formula is C21H17ClN2O3S2. The molecule has 0 radical (unpaired) electrons. The monoisotopic (exact) mass is 444 g/mol. The van der Waals surface area contributed by atoms with Gasteiger partial charge < -0.3 is 4.74 Å². The molecule has 1 saturated heterocycles. The second kappa shape index (κ2) is 9.26. The van der Waals surface area contributed by atoms with Crippen LogP contribution in [0.4, 0.5) is 0 Å². The number of aryl methyl sites for hydroxylation is 1. The Morgan fingerprint density at radius 2 is 2.10 bits per heavy atom. The number of rotatable bonds is 6. The minimum absolute atomic E-state index is 0.224. The fourth-order valence-corrected chi connectivity index (χ4v) is 4.04. The zero-order chi connectivity index (χ0) is 21.0. The van der Waals surface area contributed by atoms with Crippen LogP contribution in [0.1, 0.15) is 21.5 Å². The van der Waals surface area contributed by atoms with Crippen LogP contribution in [0.3, 0.4) is 0 Å². The summed E-state index contributed by atoms with van der Waals surface area (Å²) >= 11 is 12.5. The number of nitrogens with zero attached hydrogens (tertiary/aromatic N) is 1. The molecule has 2 amide bonds. The van der Waals surface area contributed by atoms with E-state index in [2.05, 4.69) is 12.0 Å². The fraction of sp³-hybridized carbons (Fsp3) is 0.0952. The first kappa shape index (κ1) is 21.1. The summed E-state index contributed by atoms with van der Waals surface area (Å²) in [5, 5.41) is 1.36. The molecule has 1 fully saturated rings. The van der Waals surface area contributed by atoms with Crippen molar-refractivity contribution in [3.8, 4) is 5.75 Å². The number of hydrogen-bond acceptors (Lipinski definition) is 5. The summed E-state index contributed by atoms with van der Waals surface area (Å²) in [4.78, 5) is 25.7. The number of ether oxygens (including phenoxy) is 1. The molecule has 0 aliphatic carbocycles. The lowest BCUT2D eigenvalue weighted by atomic mass is 10.1. The van der Waals surface area contributed by atoms with E-state index in [1.807, 2.05) is 25.1 Å². The third-order valence-electron chi connectivity index (χ3n) is 3.94. The topological polar surface area (TPSA) is 58.6 Å². The highest BCUT2D eigenvalue weighted by molar-refractivity contribution is 8.26. The van der Waals surface area contributed by atoms with E-state index in [-0.39, 0.29) is 9.88 Å². The van der Waals surface area contributed by atoms with Gasteiger partial charge in [-0.25, -0.2) is 0 Å². The zero-order valence-electron chi connectivity index (χ0n) is 15.5. The van der Waals surface area contributed by atoms with E-state index in [9.17, 15) is 9.59 Å². The number of halogens is 1. The SMILES string of the molecule is C=CCOc1ccccc1/C=C1\SC(=S)N(NC(=O)c2ccc(C)cc2Cl)C1=O. The predicted molar refractivity (Wildman–Crippen MR) is 121 cm³/mol. The Balaban J connectivity index is 1.80. The quantitative estimate of drug-likeness (QED) is 0.395. The summed E-state index contributed by atoms with van der Waals surface area (Å²) in [6.07, 6.45) is 3.32. The number of para-hydroxylation sites is 1. The Morgan fingerprint density at radius 3 is 2.83 bits per heavy atom. The van der Waals surface area contributed by atoms with Crippen molar-refractivity contribution in [1.29, 1.82) is 0 Å². The first-order valence-electron chi connectivity index (χ1n) is 8.58. The number of hydrazine groups is 1. The van der Waals surface area contributed by atoms with Gasteiger partial charge in [-0.05, 0) is 49.0 Å². The van der Waals surface area contributed by atoms with Crippen LogP contribution in [0.25, 0.3) is 6.08 Å². The van der Waals surface area contributed by atoms with Crippen LogP contribution in [0, 0.1) is 6.92 Å². The molecule has 1 N–H and O–H groups in total. The molecule has 1 aliphatic heterocycles. The average molecular weight is 445 g/mol. The van der Waals surface area contributed by atoms with E-state index in [4.69, 9.17) is 28.6 Å². The molecule has 0 spiro atoms. The number of carbonyl (C=O) groups excluding carboxylic acids is 2. The average Bonchev–Trinajstić information content (AvgIpc) is 2.94. The molecule has 0 saturated carbocycles. The van der Waals surface area contributed by atoms with Gasteiger partial charge in [0.25, 0.3) is 11.8 Å². The van der Waals surface area contributed by atoms with Gasteiger partial charge in [0.1, 0.15) is 12.4 Å². The van der Waals surface area contributed by atoms with Gasteiger partial charge in [0.15, 0.2) is 4.32 Å². The van der Waals surface area contributed by atoms with Crippen LogP contribution < -0.4 is 10.2 Å². The van der Waals surface area contributed by atoms with Gasteiger partial charge in [-0.1, -0.05) is 60.3 Å². The van der Waals surface area contributed by atoms with E-state index in [0.717, 1.165) is 27.9 Å². The molecule has 8 heteroatoms. The van der Waals surface area contributed by atoms with Crippen molar-refractivity contribution in [2.75, 3.05) is 6.61 Å². The normalized spacial score (nSPS) is 15.0. The minimum atomic E-state index is -0.512. The molecule has 148 valence electrons. The molecule has 2 aromatic rings. The molecule has 1 aliphatic rings. The van der Waals surface area contributed by atoms with Crippen molar-refractivity contribution < 1.29 is 14.3 Å². The number of amides is 2. The Hall–Kier alpha value is -2.61. The maximum absolute atomic E-state index is 12.8. The number of hydrogen-bond donors (Lipinski definition) is 1. The smallest absolute Gasteiger partial charge is 0.285 e. The third-order valence-corrected chi connectivity index (χ3v) is 5.55. The van der Waals surface area contributed by atoms with Crippen molar-refractivity contribution in [2.45, 2.75) is 6.92 Å². The summed E-state index contributed by atoms with van der Waals surface area (Å²) in [5.74, 6) is -0.314. The van der Waals surface area contributed by atoms with Crippen molar-refractivity contribution >= 4 is 57.8 Å². The number of benzene rings is 2. The highest BCUT2D eigenvalue weighted by Gasteiger charge is 2.34. The maximum atomic E-state index is 12.8. The molecule has 2 aromatic carbocycles. The van der Waals surface area contributed by atoms with E-state index < -0.39 is 11.8 Å². The molecule has 3 rings (SSSR count). The van der Waals surface area contributed by atoms with Crippen LogP contribution in [-0.4, -0.2) is 27.8 Å². The second-order valence-corrected chi connectivity index (χ2v) is 8.16. The molecular weight excluding hydrogens is 428 g/mol. The summed E-state index contributed by atoms with van der Waals surface area (Å²) in [5.41, 5.74) is 4.45. The lowest BCUT2D eigenvalue weighted by Crippen LogP contribution is -2.44. The number of thiocarbonyl (C=S) groups is 1. The Labute approximate surface area is 183 Å². The lowest BCUT2D eigenvalue weighted by molar-refractivity contribution is -0.123. The zero-order valence-corrected chi connectivity index (χ0v) is 17.9. The molecule has 0 atom stereocenters. The predicted octanol–water partition coefficient (Wildman–Crippen LogP) is 4.76. The summed E-state index contributed by atoms with van der Waals surface area (Å²) in [6.45, 7) is 5.85. The minimum Gasteiger partial charge on any atom is -0.489 e. The third kappa shape index (κ3) is 4.87. The summed E-state index contributed by atoms with van der Waals surface area (Å²) in [7, 11) is 0. The summed E-state index contributed by atoms with van der Waals surface area (Å²) < 4.78 is 5.84. The van der Waals surface area contributed by atoms with Crippen molar-refractivity contribution in [2.24, 2.45) is 0 Å². The van der Waals surface area contributed by atoms with Crippen LogP contribution in [0.15, 0.2) is 60.0 Å². The van der Waals surface area contributed by atoms with E-state index in [0.29, 0.717) is 22.3 Å². The number of carbonyl (C=O) groups is 2. The van der Waals surface area contributed by atoms with Crippen molar-refractivity contribution in [3.05, 3.63) is 81.7 Å². The molecule has 0 aromatic heterocycles. The second-order valence-electron chi connectivity index (χ2n) is 6.08.